The number of hydrogen-bond acceptors (Lipinski definition) is 4. The lowest BCUT2D eigenvalue weighted by Crippen LogP contribution is -2.41. The van der Waals surface area contributed by atoms with E-state index in [4.69, 9.17) is 4.74 Å². The highest BCUT2D eigenvalue weighted by atomic mass is 32.2. The molecule has 1 N–H and O–H groups in total. The monoisotopic (exact) mass is 340 g/mol. The molecule has 0 aromatic heterocycles. The Morgan fingerprint density at radius 1 is 1.17 bits per heavy atom. The van der Waals surface area contributed by atoms with E-state index >= 15 is 0 Å². The topological polar surface area (TPSA) is 58.6 Å². The molecule has 0 amide bonds. The van der Waals surface area contributed by atoms with Gasteiger partial charge in [-0.3, -0.25) is 4.90 Å². The molecule has 1 aromatic rings. The highest BCUT2D eigenvalue weighted by molar-refractivity contribution is 7.89. The summed E-state index contributed by atoms with van der Waals surface area (Å²) in [5.41, 5.74) is 2.69. The van der Waals surface area contributed by atoms with Crippen molar-refractivity contribution >= 4 is 10.0 Å². The van der Waals surface area contributed by atoms with Crippen molar-refractivity contribution < 1.29 is 13.2 Å². The van der Waals surface area contributed by atoms with Crippen molar-refractivity contribution in [3.05, 3.63) is 28.8 Å². The fraction of sp³-hybridized carbons (Fsp3) is 0.647. The average Bonchev–Trinajstić information content (AvgIpc) is 2.45. The molecule has 5 nitrogen and oxygen atoms in total. The lowest BCUT2D eigenvalue weighted by molar-refractivity contribution is 0.0321. The third-order valence-electron chi connectivity index (χ3n) is 4.17. The molecule has 1 aliphatic heterocycles. The molecule has 1 saturated heterocycles. The molecule has 0 spiro atoms. The Bertz CT molecular complexity index is 614. The van der Waals surface area contributed by atoms with Crippen molar-refractivity contribution in [2.24, 2.45) is 5.92 Å². The number of rotatable bonds is 6. The van der Waals surface area contributed by atoms with Crippen molar-refractivity contribution in [3.8, 4) is 0 Å². The predicted octanol–water partition coefficient (Wildman–Crippen LogP) is 1.86. The average molecular weight is 340 g/mol. The summed E-state index contributed by atoms with van der Waals surface area (Å²) in [6.45, 7) is 12.5. The first-order chi connectivity index (χ1) is 10.8. The number of nitrogens with one attached hydrogen (secondary N) is 1. The smallest absolute Gasteiger partial charge is 0.241 e. The van der Waals surface area contributed by atoms with Crippen LogP contribution in [-0.4, -0.2) is 52.7 Å². The van der Waals surface area contributed by atoms with Gasteiger partial charge in [-0.1, -0.05) is 24.6 Å². The normalized spacial score (nSPS) is 18.1. The van der Waals surface area contributed by atoms with E-state index in [2.05, 4.69) is 16.5 Å². The van der Waals surface area contributed by atoms with Gasteiger partial charge in [0.2, 0.25) is 10.0 Å². The number of nitrogens with zero attached hydrogens (tertiary/aromatic N) is 1. The molecule has 0 aliphatic carbocycles. The van der Waals surface area contributed by atoms with Crippen molar-refractivity contribution in [2.45, 2.75) is 32.6 Å². The number of benzene rings is 1. The van der Waals surface area contributed by atoms with E-state index in [1.165, 1.54) is 0 Å². The van der Waals surface area contributed by atoms with Crippen LogP contribution in [0.2, 0.25) is 0 Å². The second-order valence-corrected chi connectivity index (χ2v) is 8.30. The molecule has 1 unspecified atom stereocenters. The molecule has 2 rings (SSSR count). The van der Waals surface area contributed by atoms with Crippen molar-refractivity contribution in [1.82, 2.24) is 9.62 Å². The molecule has 0 bridgehead atoms. The Hall–Kier alpha value is -0.950. The number of aryl methyl sites for hydroxylation is 3. The molecular weight excluding hydrogens is 312 g/mol. The van der Waals surface area contributed by atoms with Crippen molar-refractivity contribution in [2.75, 3.05) is 39.4 Å². The van der Waals surface area contributed by atoms with Crippen LogP contribution in [-0.2, 0) is 14.8 Å². The Kier molecular flexibility index (Phi) is 6.19. The van der Waals surface area contributed by atoms with Crippen LogP contribution >= 0.6 is 0 Å². The fourth-order valence-electron chi connectivity index (χ4n) is 3.20. The predicted molar refractivity (Wildman–Crippen MR) is 92.3 cm³/mol. The Morgan fingerprint density at radius 3 is 2.30 bits per heavy atom. The van der Waals surface area contributed by atoms with Gasteiger partial charge in [-0.2, -0.15) is 0 Å². The van der Waals surface area contributed by atoms with Gasteiger partial charge >= 0.3 is 0 Å². The van der Waals surface area contributed by atoms with Crippen molar-refractivity contribution in [3.63, 3.8) is 0 Å². The fourth-order valence-corrected chi connectivity index (χ4v) is 4.82. The van der Waals surface area contributed by atoms with E-state index in [1.807, 2.05) is 32.9 Å². The largest absolute Gasteiger partial charge is 0.379 e. The number of morpholine rings is 1. The maximum absolute atomic E-state index is 12.6. The first-order valence-corrected chi connectivity index (χ1v) is 9.65. The van der Waals surface area contributed by atoms with Crippen LogP contribution in [0.3, 0.4) is 0 Å². The zero-order chi connectivity index (χ0) is 17.0. The summed E-state index contributed by atoms with van der Waals surface area (Å²) >= 11 is 0. The van der Waals surface area contributed by atoms with Gasteiger partial charge < -0.3 is 4.74 Å². The molecule has 1 atom stereocenters. The SMILES string of the molecule is Cc1cc(C)c(S(=O)(=O)NCC(C)CN2CCOCC2)c(C)c1. The molecule has 130 valence electrons. The van der Waals surface area contributed by atoms with Gasteiger partial charge in [-0.25, -0.2) is 13.1 Å². The van der Waals surface area contributed by atoms with Gasteiger partial charge in [-0.15, -0.1) is 0 Å². The van der Waals surface area contributed by atoms with Crippen LogP contribution in [0.15, 0.2) is 17.0 Å². The lowest BCUT2D eigenvalue weighted by Gasteiger charge is -2.29. The summed E-state index contributed by atoms with van der Waals surface area (Å²) in [4.78, 5) is 2.74. The molecule has 1 aliphatic rings. The zero-order valence-corrected chi connectivity index (χ0v) is 15.4. The Balaban J connectivity index is 1.98. The Labute approximate surface area is 140 Å². The zero-order valence-electron chi connectivity index (χ0n) is 14.6. The minimum absolute atomic E-state index is 0.258. The van der Waals surface area contributed by atoms with E-state index in [0.717, 1.165) is 49.5 Å². The number of sulfonamides is 1. The van der Waals surface area contributed by atoms with E-state index in [1.54, 1.807) is 0 Å². The van der Waals surface area contributed by atoms with Gasteiger partial charge in [-0.05, 0) is 37.8 Å². The quantitative estimate of drug-likeness (QED) is 0.859. The van der Waals surface area contributed by atoms with E-state index in [0.29, 0.717) is 11.4 Å². The summed E-state index contributed by atoms with van der Waals surface area (Å²) < 4.78 is 33.4. The number of hydrogen-bond donors (Lipinski definition) is 1. The van der Waals surface area contributed by atoms with E-state index in [-0.39, 0.29) is 5.92 Å². The molecule has 0 saturated carbocycles. The molecule has 1 fully saturated rings. The maximum Gasteiger partial charge on any atom is 0.241 e. The van der Waals surface area contributed by atoms with Crippen LogP contribution in [0.25, 0.3) is 0 Å². The third kappa shape index (κ3) is 5.01. The van der Waals surface area contributed by atoms with E-state index in [9.17, 15) is 8.42 Å². The third-order valence-corrected chi connectivity index (χ3v) is 5.90. The van der Waals surface area contributed by atoms with Crippen molar-refractivity contribution in [1.29, 1.82) is 0 Å². The highest BCUT2D eigenvalue weighted by Gasteiger charge is 2.21. The maximum atomic E-state index is 12.6. The summed E-state index contributed by atoms with van der Waals surface area (Å²) in [5.74, 6) is 0.258. The Morgan fingerprint density at radius 2 is 1.74 bits per heavy atom. The van der Waals surface area contributed by atoms with Crippen LogP contribution in [0, 0.1) is 26.7 Å². The summed E-state index contributed by atoms with van der Waals surface area (Å²) in [6, 6.07) is 3.83. The number of ether oxygens (including phenoxy) is 1. The second kappa shape index (κ2) is 7.75. The van der Waals surface area contributed by atoms with E-state index < -0.39 is 10.0 Å². The standard InChI is InChI=1S/C17H28N2O3S/c1-13-9-15(3)17(16(4)10-13)23(20,21)18-11-14(2)12-19-5-7-22-8-6-19/h9-10,14,18H,5-8,11-12H2,1-4H3. The van der Waals surface area contributed by atoms with Crippen LogP contribution in [0.4, 0.5) is 0 Å². The summed E-state index contributed by atoms with van der Waals surface area (Å²) in [6.07, 6.45) is 0. The second-order valence-electron chi connectivity index (χ2n) is 6.60. The minimum atomic E-state index is -3.47. The van der Waals surface area contributed by atoms with Crippen LogP contribution < -0.4 is 4.72 Å². The van der Waals surface area contributed by atoms with Gasteiger partial charge in [0.15, 0.2) is 0 Å². The minimum Gasteiger partial charge on any atom is -0.379 e. The molecule has 23 heavy (non-hydrogen) atoms. The first kappa shape index (κ1) is 18.4. The highest BCUT2D eigenvalue weighted by Crippen LogP contribution is 2.21. The molecular formula is C17H28N2O3S. The van der Waals surface area contributed by atoms with Gasteiger partial charge in [0.1, 0.15) is 0 Å². The van der Waals surface area contributed by atoms with Gasteiger partial charge in [0, 0.05) is 26.2 Å². The van der Waals surface area contributed by atoms with Gasteiger partial charge in [0.25, 0.3) is 0 Å². The summed E-state index contributed by atoms with van der Waals surface area (Å²) in [7, 11) is -3.47. The molecule has 0 radical (unpaired) electrons. The van der Waals surface area contributed by atoms with Crippen LogP contribution in [0.5, 0.6) is 0 Å². The molecule has 1 aromatic carbocycles. The van der Waals surface area contributed by atoms with Crippen LogP contribution in [0.1, 0.15) is 23.6 Å². The lowest BCUT2D eigenvalue weighted by atomic mass is 10.1. The van der Waals surface area contributed by atoms with Gasteiger partial charge in [0.05, 0.1) is 18.1 Å². The first-order valence-electron chi connectivity index (χ1n) is 8.17. The molecule has 6 heteroatoms. The summed E-state index contributed by atoms with van der Waals surface area (Å²) in [5, 5.41) is 0. The molecule has 1 heterocycles.